The minimum absolute atomic E-state index is 0.578. The molecule has 0 aliphatic carbocycles. The zero-order chi connectivity index (χ0) is 18.0. The van der Waals surface area contributed by atoms with Crippen LogP contribution in [0.5, 0.6) is 0 Å². The molecule has 2 heterocycles. The van der Waals surface area contributed by atoms with Crippen LogP contribution in [0.3, 0.4) is 0 Å². The summed E-state index contributed by atoms with van der Waals surface area (Å²) in [4.78, 5) is 13.4. The smallest absolute Gasteiger partial charge is 0.135 e. The number of aryl methyl sites for hydroxylation is 2. The number of aliphatic hydroxyl groups is 1. The number of anilines is 1. The molecule has 0 spiro atoms. The van der Waals surface area contributed by atoms with Crippen LogP contribution in [-0.2, 0) is 6.54 Å². The maximum Gasteiger partial charge on any atom is 0.135 e. The van der Waals surface area contributed by atoms with E-state index in [2.05, 4.69) is 44.0 Å². The molecular weight excluding hydrogens is 312 g/mol. The molecule has 2 aromatic rings. The SMILES string of the molecule is Cc1nc(C)c(C)c(N(C)CC2(O)CCN(Cc3ccccc3)C2)n1. The Balaban J connectivity index is 1.66. The van der Waals surface area contributed by atoms with Gasteiger partial charge in [0, 0.05) is 44.5 Å². The van der Waals surface area contributed by atoms with Crippen LogP contribution in [0.2, 0.25) is 0 Å². The van der Waals surface area contributed by atoms with Crippen LogP contribution < -0.4 is 4.90 Å². The predicted molar refractivity (Wildman–Crippen MR) is 101 cm³/mol. The first-order chi connectivity index (χ1) is 11.9. The highest BCUT2D eigenvalue weighted by atomic mass is 16.3. The van der Waals surface area contributed by atoms with Crippen LogP contribution in [0.1, 0.15) is 29.1 Å². The summed E-state index contributed by atoms with van der Waals surface area (Å²) in [6.07, 6.45) is 0.784. The van der Waals surface area contributed by atoms with Crippen LogP contribution in [-0.4, -0.2) is 52.3 Å². The van der Waals surface area contributed by atoms with E-state index in [0.29, 0.717) is 13.1 Å². The Hall–Kier alpha value is -1.98. The third-order valence-electron chi connectivity index (χ3n) is 5.03. The summed E-state index contributed by atoms with van der Waals surface area (Å²) < 4.78 is 0. The number of likely N-dealkylation sites (tertiary alicyclic amines) is 1. The van der Waals surface area contributed by atoms with Gasteiger partial charge in [0.25, 0.3) is 0 Å². The summed E-state index contributed by atoms with van der Waals surface area (Å²) >= 11 is 0. The van der Waals surface area contributed by atoms with Crippen LogP contribution in [0.15, 0.2) is 30.3 Å². The second kappa shape index (κ2) is 7.10. The van der Waals surface area contributed by atoms with Gasteiger partial charge in [0.1, 0.15) is 11.6 Å². The molecule has 25 heavy (non-hydrogen) atoms. The maximum atomic E-state index is 11.1. The summed E-state index contributed by atoms with van der Waals surface area (Å²) in [6.45, 7) is 9.03. The van der Waals surface area contributed by atoms with Crippen molar-refractivity contribution in [3.8, 4) is 0 Å². The fourth-order valence-corrected chi connectivity index (χ4v) is 3.68. The Labute approximate surface area is 150 Å². The standard InChI is InChI=1S/C20H28N4O/c1-15-16(2)21-17(3)22-19(15)23(4)13-20(25)10-11-24(14-20)12-18-8-6-5-7-9-18/h5-9,25H,10-14H2,1-4H3. The Morgan fingerprint density at radius 2 is 1.88 bits per heavy atom. The van der Waals surface area contributed by atoms with E-state index in [4.69, 9.17) is 0 Å². The molecule has 1 aliphatic rings. The molecular formula is C20H28N4O. The van der Waals surface area contributed by atoms with Crippen molar-refractivity contribution < 1.29 is 5.11 Å². The molecule has 3 rings (SSSR count). The second-order valence-corrected chi connectivity index (χ2v) is 7.33. The highest BCUT2D eigenvalue weighted by molar-refractivity contribution is 5.48. The van der Waals surface area contributed by atoms with Crippen molar-refractivity contribution in [1.82, 2.24) is 14.9 Å². The number of hydrogen-bond donors (Lipinski definition) is 1. The number of benzene rings is 1. The number of aromatic nitrogens is 2. The van der Waals surface area contributed by atoms with Crippen molar-refractivity contribution in [2.75, 3.05) is 31.6 Å². The first-order valence-electron chi connectivity index (χ1n) is 8.88. The quantitative estimate of drug-likeness (QED) is 0.906. The second-order valence-electron chi connectivity index (χ2n) is 7.33. The van der Waals surface area contributed by atoms with Crippen molar-refractivity contribution >= 4 is 5.82 Å². The van der Waals surface area contributed by atoms with E-state index in [1.165, 1.54) is 5.56 Å². The first-order valence-corrected chi connectivity index (χ1v) is 8.88. The Bertz CT molecular complexity index is 734. The van der Waals surface area contributed by atoms with E-state index in [-0.39, 0.29) is 0 Å². The molecule has 0 saturated carbocycles. The highest BCUT2D eigenvalue weighted by Gasteiger charge is 2.37. The molecule has 5 heteroatoms. The molecule has 1 N–H and O–H groups in total. The largest absolute Gasteiger partial charge is 0.387 e. The van der Waals surface area contributed by atoms with E-state index in [1.54, 1.807) is 0 Å². The van der Waals surface area contributed by atoms with Gasteiger partial charge in [0.15, 0.2) is 0 Å². The Kier molecular flexibility index (Phi) is 5.06. The summed E-state index contributed by atoms with van der Waals surface area (Å²) in [5.74, 6) is 1.69. The lowest BCUT2D eigenvalue weighted by Crippen LogP contribution is -2.44. The van der Waals surface area contributed by atoms with Crippen molar-refractivity contribution in [2.24, 2.45) is 0 Å². The fraction of sp³-hybridized carbons (Fsp3) is 0.500. The van der Waals surface area contributed by atoms with Gasteiger partial charge in [0.05, 0.1) is 5.60 Å². The number of β-amino-alcohol motifs (C(OH)–C–C–N with tert-alkyl or cyclic N) is 1. The average Bonchev–Trinajstić information content (AvgIpc) is 2.92. The fourth-order valence-electron chi connectivity index (χ4n) is 3.68. The molecule has 1 aromatic heterocycles. The molecule has 1 saturated heterocycles. The van der Waals surface area contributed by atoms with Crippen LogP contribution in [0.4, 0.5) is 5.82 Å². The zero-order valence-corrected chi connectivity index (χ0v) is 15.7. The number of likely N-dealkylation sites (N-methyl/N-ethyl adjacent to an activating group) is 1. The maximum absolute atomic E-state index is 11.1. The Morgan fingerprint density at radius 3 is 2.60 bits per heavy atom. The molecule has 134 valence electrons. The lowest BCUT2D eigenvalue weighted by Gasteiger charge is -2.31. The molecule has 1 aromatic carbocycles. The highest BCUT2D eigenvalue weighted by Crippen LogP contribution is 2.27. The van der Waals surface area contributed by atoms with Crippen molar-refractivity contribution in [3.05, 3.63) is 53.0 Å². The lowest BCUT2D eigenvalue weighted by atomic mass is 10.0. The third-order valence-corrected chi connectivity index (χ3v) is 5.03. The molecule has 5 nitrogen and oxygen atoms in total. The third kappa shape index (κ3) is 4.17. The molecule has 1 atom stereocenters. The normalized spacial score (nSPS) is 20.8. The summed E-state index contributed by atoms with van der Waals surface area (Å²) in [6, 6.07) is 10.4. The molecule has 0 radical (unpaired) electrons. The van der Waals surface area contributed by atoms with Crippen molar-refractivity contribution in [1.29, 1.82) is 0 Å². The summed E-state index contributed by atoms with van der Waals surface area (Å²) in [7, 11) is 2.01. The van der Waals surface area contributed by atoms with Gasteiger partial charge in [-0.1, -0.05) is 30.3 Å². The minimum atomic E-state index is -0.706. The van der Waals surface area contributed by atoms with Gasteiger partial charge in [-0.3, -0.25) is 4.90 Å². The molecule has 1 aliphatic heterocycles. The molecule has 1 unspecified atom stereocenters. The zero-order valence-electron chi connectivity index (χ0n) is 15.7. The molecule has 0 amide bonds. The van der Waals surface area contributed by atoms with Gasteiger partial charge in [-0.2, -0.15) is 0 Å². The van der Waals surface area contributed by atoms with Crippen molar-refractivity contribution in [3.63, 3.8) is 0 Å². The van der Waals surface area contributed by atoms with Gasteiger partial charge in [0.2, 0.25) is 0 Å². The van der Waals surface area contributed by atoms with Crippen molar-refractivity contribution in [2.45, 2.75) is 39.3 Å². The van der Waals surface area contributed by atoms with Gasteiger partial charge >= 0.3 is 0 Å². The van der Waals surface area contributed by atoms with E-state index >= 15 is 0 Å². The molecule has 1 fully saturated rings. The van der Waals surface area contributed by atoms with E-state index < -0.39 is 5.60 Å². The van der Waals surface area contributed by atoms with Crippen LogP contribution >= 0.6 is 0 Å². The van der Waals surface area contributed by atoms with Crippen LogP contribution in [0.25, 0.3) is 0 Å². The molecule has 0 bridgehead atoms. The number of hydrogen-bond acceptors (Lipinski definition) is 5. The first kappa shape index (κ1) is 17.8. The van der Waals surface area contributed by atoms with Gasteiger partial charge < -0.3 is 10.0 Å². The van der Waals surface area contributed by atoms with Gasteiger partial charge in [-0.25, -0.2) is 9.97 Å². The van der Waals surface area contributed by atoms with E-state index in [9.17, 15) is 5.11 Å². The van der Waals surface area contributed by atoms with Gasteiger partial charge in [-0.15, -0.1) is 0 Å². The number of nitrogens with zero attached hydrogens (tertiary/aromatic N) is 4. The number of rotatable bonds is 5. The van der Waals surface area contributed by atoms with Gasteiger partial charge in [-0.05, 0) is 32.8 Å². The summed E-state index contributed by atoms with van der Waals surface area (Å²) in [5.41, 5.74) is 2.66. The lowest BCUT2D eigenvalue weighted by molar-refractivity contribution is 0.0560. The monoisotopic (exact) mass is 340 g/mol. The van der Waals surface area contributed by atoms with Crippen LogP contribution in [0, 0.1) is 20.8 Å². The average molecular weight is 340 g/mol. The topological polar surface area (TPSA) is 52.5 Å². The van der Waals surface area contributed by atoms with E-state index in [0.717, 1.165) is 42.4 Å². The minimum Gasteiger partial charge on any atom is -0.387 e. The van der Waals surface area contributed by atoms with E-state index in [1.807, 2.05) is 33.9 Å². The summed E-state index contributed by atoms with van der Waals surface area (Å²) in [5, 5.41) is 11.1. The predicted octanol–water partition coefficient (Wildman–Crippen LogP) is 2.48. The Morgan fingerprint density at radius 1 is 1.16 bits per heavy atom.